The number of thioether (sulfide) groups is 1. The first-order valence-corrected chi connectivity index (χ1v) is 14.2. The number of hydrogen-bond acceptors (Lipinski definition) is 9. The molecule has 39 heavy (non-hydrogen) atoms. The van der Waals surface area contributed by atoms with Gasteiger partial charge in [-0.05, 0) is 51.5 Å². The molecule has 14 heteroatoms. The molecule has 0 aliphatic carbocycles. The zero-order valence-electron chi connectivity index (χ0n) is 21.6. The van der Waals surface area contributed by atoms with E-state index in [9.17, 15) is 14.4 Å². The van der Waals surface area contributed by atoms with Gasteiger partial charge in [0.1, 0.15) is 10.8 Å². The van der Waals surface area contributed by atoms with Crippen molar-refractivity contribution in [1.29, 1.82) is 0 Å². The lowest BCUT2D eigenvalue weighted by Gasteiger charge is -2.16. The molecule has 3 aromatic rings. The lowest BCUT2D eigenvalue weighted by Crippen LogP contribution is -2.18. The monoisotopic (exact) mass is 611 g/mol. The molecule has 0 saturated heterocycles. The van der Waals surface area contributed by atoms with Gasteiger partial charge in [-0.3, -0.25) is 14.2 Å². The fraction of sp³-hybridized carbons (Fsp3) is 0.320. The fourth-order valence-electron chi connectivity index (χ4n) is 3.47. The molecule has 3 N–H and O–H groups in total. The van der Waals surface area contributed by atoms with Crippen LogP contribution in [-0.2, 0) is 16.1 Å². The average Bonchev–Trinajstić information content (AvgIpc) is 3.39. The Morgan fingerprint density at radius 1 is 1.26 bits per heavy atom. The van der Waals surface area contributed by atoms with E-state index in [2.05, 4.69) is 22.1 Å². The lowest BCUT2D eigenvalue weighted by atomic mass is 10.1. The second-order valence-corrected chi connectivity index (χ2v) is 11.3. The normalized spacial score (nSPS) is 11.8. The number of nitrogens with one attached hydrogen (secondary N) is 1. The molecule has 10 nitrogen and oxygen atoms in total. The highest BCUT2D eigenvalue weighted by atomic mass is 35.5. The maximum absolute atomic E-state index is 12.9. The van der Waals surface area contributed by atoms with Crippen molar-refractivity contribution in [3.63, 3.8) is 0 Å². The van der Waals surface area contributed by atoms with Crippen molar-refractivity contribution < 1.29 is 23.9 Å². The van der Waals surface area contributed by atoms with E-state index in [-0.39, 0.29) is 27.3 Å². The summed E-state index contributed by atoms with van der Waals surface area (Å²) in [4.78, 5) is 37.5. The van der Waals surface area contributed by atoms with Gasteiger partial charge in [0.15, 0.2) is 17.1 Å². The molecule has 0 fully saturated rings. The first kappa shape index (κ1) is 30.5. The number of aromatic nitrogens is 3. The summed E-state index contributed by atoms with van der Waals surface area (Å²) in [5, 5.41) is 12.6. The van der Waals surface area contributed by atoms with Crippen LogP contribution < -0.4 is 15.8 Å². The van der Waals surface area contributed by atoms with Crippen LogP contribution in [0.5, 0.6) is 5.75 Å². The predicted octanol–water partition coefficient (Wildman–Crippen LogP) is 5.68. The number of thiophene rings is 1. The molecule has 1 atom stereocenters. The number of allylic oxidation sites excluding steroid dienone is 1. The fourth-order valence-corrected chi connectivity index (χ4v) is 5.74. The highest BCUT2D eigenvalue weighted by Gasteiger charge is 2.27. The molecule has 208 valence electrons. The molecule has 0 bridgehead atoms. The molecule has 2 heterocycles. The van der Waals surface area contributed by atoms with Crippen LogP contribution in [0.1, 0.15) is 58.3 Å². The van der Waals surface area contributed by atoms with Crippen LogP contribution in [0.3, 0.4) is 0 Å². The van der Waals surface area contributed by atoms with Crippen LogP contribution in [-0.4, -0.2) is 44.4 Å². The Hall–Kier alpha value is -3.06. The second-order valence-electron chi connectivity index (χ2n) is 8.49. The molecule has 2 amide bonds. The third-order valence-corrected chi connectivity index (χ3v) is 7.84. The molecule has 0 saturated carbocycles. The summed E-state index contributed by atoms with van der Waals surface area (Å²) in [6.07, 6.45) is 0.751. The third kappa shape index (κ3) is 7.53. The molecule has 2 aromatic heterocycles. The van der Waals surface area contributed by atoms with Gasteiger partial charge >= 0.3 is 5.97 Å². The molecule has 0 aliphatic heterocycles. The molecule has 1 aromatic carbocycles. The van der Waals surface area contributed by atoms with Crippen LogP contribution in [0.25, 0.3) is 0 Å². The van der Waals surface area contributed by atoms with E-state index in [1.54, 1.807) is 56.5 Å². The van der Waals surface area contributed by atoms with Crippen LogP contribution >= 0.6 is 46.3 Å². The number of anilines is 1. The second kappa shape index (κ2) is 13.3. The maximum Gasteiger partial charge on any atom is 0.341 e. The number of nitrogens with zero attached hydrogens (tertiary/aromatic N) is 3. The van der Waals surface area contributed by atoms with Crippen LogP contribution in [0.2, 0.25) is 10.0 Å². The number of carbonyl (C=O) groups excluding carboxylic acids is 3. The standard InChI is InChI=1S/C25H27Cl2N5O5S2/c1-6-9-32-22(14(5)37-17-8-7-15(26)10-16(17)27)30-31-25(32)38-11-18(33)29-23-19(24(35)36-12(2)3)13(4)20(39-23)21(28)34/h6-8,10,12,14H,1,9,11H2,2-5H3,(H2,28,34)(H,29,33). The number of ether oxygens (including phenoxy) is 2. The number of carbonyl (C=O) groups is 3. The summed E-state index contributed by atoms with van der Waals surface area (Å²) >= 11 is 14.3. The van der Waals surface area contributed by atoms with E-state index in [1.807, 2.05) is 0 Å². The smallest absolute Gasteiger partial charge is 0.341 e. The summed E-state index contributed by atoms with van der Waals surface area (Å²) in [5.41, 5.74) is 5.91. The molecule has 0 aliphatic rings. The number of benzene rings is 1. The Kier molecular flexibility index (Phi) is 10.4. The minimum Gasteiger partial charge on any atom is -0.481 e. The first-order valence-electron chi connectivity index (χ1n) is 11.6. The van der Waals surface area contributed by atoms with Crippen LogP contribution in [0, 0.1) is 6.92 Å². The molecule has 3 rings (SSSR count). The van der Waals surface area contributed by atoms with Gasteiger partial charge in [-0.25, -0.2) is 4.79 Å². The van der Waals surface area contributed by atoms with E-state index < -0.39 is 23.9 Å². The van der Waals surface area contributed by atoms with Crippen molar-refractivity contribution in [3.05, 3.63) is 62.7 Å². The molecular formula is C25H27Cl2N5O5S2. The van der Waals surface area contributed by atoms with Crippen molar-refractivity contribution >= 4 is 69.1 Å². The molecule has 0 radical (unpaired) electrons. The molecule has 1 unspecified atom stereocenters. The topological polar surface area (TPSA) is 138 Å². The van der Waals surface area contributed by atoms with Gasteiger partial charge in [-0.15, -0.1) is 28.1 Å². The van der Waals surface area contributed by atoms with E-state index in [0.29, 0.717) is 38.9 Å². The van der Waals surface area contributed by atoms with E-state index in [1.165, 1.54) is 0 Å². The van der Waals surface area contributed by atoms with Crippen molar-refractivity contribution in [2.24, 2.45) is 5.73 Å². The van der Waals surface area contributed by atoms with E-state index in [0.717, 1.165) is 23.1 Å². The summed E-state index contributed by atoms with van der Waals surface area (Å²) < 4.78 is 13.0. The predicted molar refractivity (Wildman–Crippen MR) is 153 cm³/mol. The number of halogens is 2. The zero-order valence-corrected chi connectivity index (χ0v) is 24.8. The van der Waals surface area contributed by atoms with Gasteiger partial charge in [-0.1, -0.05) is 41.0 Å². The summed E-state index contributed by atoms with van der Waals surface area (Å²) in [6, 6.07) is 4.91. The average molecular weight is 613 g/mol. The highest BCUT2D eigenvalue weighted by Crippen LogP contribution is 2.35. The minimum atomic E-state index is -0.702. The Morgan fingerprint density at radius 2 is 1.97 bits per heavy atom. The van der Waals surface area contributed by atoms with Gasteiger partial charge in [0.25, 0.3) is 5.91 Å². The summed E-state index contributed by atoms with van der Waals surface area (Å²) in [5.74, 6) is -0.907. The number of nitrogens with two attached hydrogens (primary N) is 1. The highest BCUT2D eigenvalue weighted by molar-refractivity contribution is 7.99. The first-order chi connectivity index (χ1) is 18.4. The molecular weight excluding hydrogens is 585 g/mol. The largest absolute Gasteiger partial charge is 0.481 e. The van der Waals surface area contributed by atoms with Gasteiger partial charge in [0.2, 0.25) is 5.91 Å². The number of amides is 2. The Labute approximate surface area is 243 Å². The van der Waals surface area contributed by atoms with Crippen molar-refractivity contribution in [2.75, 3.05) is 11.1 Å². The van der Waals surface area contributed by atoms with Crippen molar-refractivity contribution in [3.8, 4) is 5.75 Å². The number of primary amides is 1. The van der Waals surface area contributed by atoms with Crippen molar-refractivity contribution in [1.82, 2.24) is 14.8 Å². The van der Waals surface area contributed by atoms with Crippen molar-refractivity contribution in [2.45, 2.75) is 51.6 Å². The SMILES string of the molecule is C=CCn1c(SCC(=O)Nc2sc(C(N)=O)c(C)c2C(=O)OC(C)C)nnc1C(C)Oc1ccc(Cl)cc1Cl. The van der Waals surface area contributed by atoms with Crippen LogP contribution in [0.4, 0.5) is 5.00 Å². The minimum absolute atomic E-state index is 0.0605. The Bertz CT molecular complexity index is 1410. The zero-order chi connectivity index (χ0) is 28.9. The lowest BCUT2D eigenvalue weighted by molar-refractivity contribution is -0.113. The van der Waals surface area contributed by atoms with E-state index in [4.69, 9.17) is 38.4 Å². The van der Waals surface area contributed by atoms with E-state index >= 15 is 0 Å². The third-order valence-electron chi connectivity index (χ3n) is 5.12. The van der Waals surface area contributed by atoms with Gasteiger partial charge in [-0.2, -0.15) is 0 Å². The van der Waals surface area contributed by atoms with Gasteiger partial charge < -0.3 is 20.5 Å². The van der Waals surface area contributed by atoms with Gasteiger partial charge in [0, 0.05) is 11.6 Å². The number of rotatable bonds is 12. The Morgan fingerprint density at radius 3 is 2.59 bits per heavy atom. The summed E-state index contributed by atoms with van der Waals surface area (Å²) in [7, 11) is 0. The summed E-state index contributed by atoms with van der Waals surface area (Å²) in [6.45, 7) is 10.9. The Balaban J connectivity index is 1.76. The number of hydrogen-bond donors (Lipinski definition) is 2. The quantitative estimate of drug-likeness (QED) is 0.152. The van der Waals surface area contributed by atoms with Gasteiger partial charge in [0.05, 0.1) is 27.3 Å². The molecule has 0 spiro atoms. The van der Waals surface area contributed by atoms with Crippen LogP contribution in [0.15, 0.2) is 36.0 Å². The maximum atomic E-state index is 12.9. The number of esters is 1.